The molecule has 0 aromatic heterocycles. The lowest BCUT2D eigenvalue weighted by Gasteiger charge is -2.19. The third-order valence-corrected chi connectivity index (χ3v) is 2.48. The normalized spacial score (nSPS) is 18.5. The van der Waals surface area contributed by atoms with E-state index in [1.807, 2.05) is 0 Å². The lowest BCUT2D eigenvalue weighted by atomic mass is 9.97. The number of fused-ring (bicyclic) bond motifs is 1. The van der Waals surface area contributed by atoms with E-state index in [9.17, 15) is 9.59 Å². The summed E-state index contributed by atoms with van der Waals surface area (Å²) in [6.07, 6.45) is -0.912. The van der Waals surface area contributed by atoms with Crippen molar-refractivity contribution >= 4 is 11.9 Å². The zero-order chi connectivity index (χ0) is 12.6. The van der Waals surface area contributed by atoms with E-state index >= 15 is 0 Å². The van der Waals surface area contributed by atoms with Gasteiger partial charge in [-0.15, -0.1) is 0 Å². The molecule has 0 spiro atoms. The first-order valence-electron chi connectivity index (χ1n) is 5.40. The van der Waals surface area contributed by atoms with Gasteiger partial charge in [0, 0.05) is 5.56 Å². The molecule has 2 rings (SSSR count). The molecule has 0 saturated carbocycles. The van der Waals surface area contributed by atoms with E-state index in [4.69, 9.17) is 9.47 Å². The van der Waals surface area contributed by atoms with Crippen LogP contribution < -0.4 is 0 Å². The van der Waals surface area contributed by atoms with E-state index < -0.39 is 23.6 Å². The molecule has 0 amide bonds. The summed E-state index contributed by atoms with van der Waals surface area (Å²) in [5.41, 5.74) is 0.443. The fourth-order valence-corrected chi connectivity index (χ4v) is 1.47. The Morgan fingerprint density at radius 1 is 1.29 bits per heavy atom. The number of carbonyl (C=O) groups is 2. The van der Waals surface area contributed by atoms with Crippen molar-refractivity contribution in [3.05, 3.63) is 35.4 Å². The quantitative estimate of drug-likeness (QED) is 0.700. The van der Waals surface area contributed by atoms with Gasteiger partial charge >= 0.3 is 11.9 Å². The molecule has 17 heavy (non-hydrogen) atoms. The monoisotopic (exact) mass is 234 g/mol. The number of hydrogen-bond donors (Lipinski definition) is 0. The molecule has 4 heteroatoms. The van der Waals surface area contributed by atoms with Crippen LogP contribution in [-0.2, 0) is 14.3 Å². The average Bonchev–Trinajstić information content (AvgIpc) is 2.56. The molecule has 0 bridgehead atoms. The van der Waals surface area contributed by atoms with E-state index in [1.54, 1.807) is 45.0 Å². The van der Waals surface area contributed by atoms with Crippen LogP contribution >= 0.6 is 0 Å². The molecule has 1 aromatic rings. The third-order valence-electron chi connectivity index (χ3n) is 2.48. The number of benzene rings is 1. The average molecular weight is 234 g/mol. The summed E-state index contributed by atoms with van der Waals surface area (Å²) < 4.78 is 10.2. The first-order valence-corrected chi connectivity index (χ1v) is 5.40. The minimum Gasteiger partial charge on any atom is -0.420 e. The molecule has 1 aromatic carbocycles. The first-order chi connectivity index (χ1) is 7.89. The smallest absolute Gasteiger partial charge is 0.342 e. The fourth-order valence-electron chi connectivity index (χ4n) is 1.47. The summed E-state index contributed by atoms with van der Waals surface area (Å²) in [5, 5.41) is 0. The van der Waals surface area contributed by atoms with Crippen molar-refractivity contribution in [3.63, 3.8) is 0 Å². The van der Waals surface area contributed by atoms with Crippen molar-refractivity contribution in [3.8, 4) is 0 Å². The maximum absolute atomic E-state index is 11.7. The predicted molar refractivity (Wildman–Crippen MR) is 60.1 cm³/mol. The largest absolute Gasteiger partial charge is 0.420 e. The second kappa shape index (κ2) is 3.87. The number of rotatable bonds is 1. The Hall–Kier alpha value is -1.84. The van der Waals surface area contributed by atoms with Gasteiger partial charge in [0.05, 0.1) is 11.0 Å². The number of hydrogen-bond acceptors (Lipinski definition) is 4. The topological polar surface area (TPSA) is 52.6 Å². The Kier molecular flexibility index (Phi) is 2.65. The Labute approximate surface area is 99.5 Å². The van der Waals surface area contributed by atoms with Gasteiger partial charge in [-0.25, -0.2) is 4.79 Å². The maximum atomic E-state index is 11.7. The molecule has 1 atom stereocenters. The van der Waals surface area contributed by atoms with Crippen LogP contribution in [0, 0.1) is 5.41 Å². The van der Waals surface area contributed by atoms with Crippen molar-refractivity contribution in [2.45, 2.75) is 27.1 Å². The highest BCUT2D eigenvalue weighted by molar-refractivity contribution is 5.94. The van der Waals surface area contributed by atoms with Gasteiger partial charge in [0.2, 0.25) is 0 Å². The van der Waals surface area contributed by atoms with Gasteiger partial charge in [-0.1, -0.05) is 18.2 Å². The SMILES string of the molecule is CC(C)(C)C(=O)O[C@@H]1OC(=O)c2ccccc21. The van der Waals surface area contributed by atoms with Crippen LogP contribution in [0.15, 0.2) is 24.3 Å². The Bertz CT molecular complexity index is 471. The highest BCUT2D eigenvalue weighted by Crippen LogP contribution is 2.33. The van der Waals surface area contributed by atoms with Crippen molar-refractivity contribution in [2.75, 3.05) is 0 Å². The van der Waals surface area contributed by atoms with Crippen molar-refractivity contribution in [2.24, 2.45) is 5.41 Å². The van der Waals surface area contributed by atoms with Crippen LogP contribution in [0.1, 0.15) is 43.0 Å². The second-order valence-electron chi connectivity index (χ2n) is 4.98. The summed E-state index contributed by atoms with van der Waals surface area (Å²) in [6, 6.07) is 6.90. The van der Waals surface area contributed by atoms with Crippen LogP contribution in [0.5, 0.6) is 0 Å². The number of ether oxygens (including phenoxy) is 2. The molecule has 4 nitrogen and oxygen atoms in total. The fraction of sp³-hybridized carbons (Fsp3) is 0.385. The number of esters is 2. The van der Waals surface area contributed by atoms with Gasteiger partial charge in [0.25, 0.3) is 6.29 Å². The van der Waals surface area contributed by atoms with Crippen LogP contribution in [-0.4, -0.2) is 11.9 Å². The molecule has 1 aliphatic rings. The minimum absolute atomic E-state index is 0.396. The van der Waals surface area contributed by atoms with E-state index in [2.05, 4.69) is 0 Å². The van der Waals surface area contributed by atoms with Crippen molar-refractivity contribution < 1.29 is 19.1 Å². The summed E-state index contributed by atoms with van der Waals surface area (Å²) >= 11 is 0. The summed E-state index contributed by atoms with van der Waals surface area (Å²) in [6.45, 7) is 5.24. The highest BCUT2D eigenvalue weighted by Gasteiger charge is 2.35. The molecular weight excluding hydrogens is 220 g/mol. The van der Waals surface area contributed by atoms with Gasteiger partial charge in [-0.3, -0.25) is 4.79 Å². The molecular formula is C13H14O4. The Balaban J connectivity index is 2.21. The van der Waals surface area contributed by atoms with Crippen molar-refractivity contribution in [1.82, 2.24) is 0 Å². The van der Waals surface area contributed by atoms with Crippen LogP contribution in [0.25, 0.3) is 0 Å². The molecule has 0 aliphatic carbocycles. The highest BCUT2D eigenvalue weighted by atomic mass is 16.7. The molecule has 1 aliphatic heterocycles. The molecule has 0 radical (unpaired) electrons. The third kappa shape index (κ3) is 2.16. The summed E-state index contributed by atoms with van der Waals surface area (Å²) in [5.74, 6) is -0.848. The molecule has 0 unspecified atom stereocenters. The molecule has 1 heterocycles. The molecule has 0 N–H and O–H groups in total. The lowest BCUT2D eigenvalue weighted by Crippen LogP contribution is -2.25. The van der Waals surface area contributed by atoms with E-state index in [0.717, 1.165) is 0 Å². The van der Waals surface area contributed by atoms with Crippen molar-refractivity contribution in [1.29, 1.82) is 0 Å². The summed E-state index contributed by atoms with van der Waals surface area (Å²) in [4.78, 5) is 23.2. The first kappa shape index (κ1) is 11.6. The van der Waals surface area contributed by atoms with Gasteiger partial charge in [0.15, 0.2) is 0 Å². The maximum Gasteiger partial charge on any atom is 0.342 e. The van der Waals surface area contributed by atoms with Crippen LogP contribution in [0.4, 0.5) is 0 Å². The predicted octanol–water partition coefficient (Wildman–Crippen LogP) is 2.44. The molecule has 0 saturated heterocycles. The standard InChI is InChI=1S/C13H14O4/c1-13(2,3)12(15)17-11-9-7-5-4-6-8(9)10(14)16-11/h4-7,11H,1-3H3/t11-/m0/s1. The minimum atomic E-state index is -0.912. The van der Waals surface area contributed by atoms with E-state index in [1.165, 1.54) is 0 Å². The lowest BCUT2D eigenvalue weighted by molar-refractivity contribution is -0.177. The summed E-state index contributed by atoms with van der Waals surface area (Å²) in [7, 11) is 0. The van der Waals surface area contributed by atoms with Crippen LogP contribution in [0.2, 0.25) is 0 Å². The van der Waals surface area contributed by atoms with Gasteiger partial charge in [0.1, 0.15) is 0 Å². The van der Waals surface area contributed by atoms with Crippen LogP contribution in [0.3, 0.4) is 0 Å². The molecule has 0 fully saturated rings. The Morgan fingerprint density at radius 3 is 2.59 bits per heavy atom. The second-order valence-corrected chi connectivity index (χ2v) is 4.98. The Morgan fingerprint density at radius 2 is 1.94 bits per heavy atom. The zero-order valence-corrected chi connectivity index (χ0v) is 10.0. The molecule has 90 valence electrons. The van der Waals surface area contributed by atoms with Gasteiger partial charge < -0.3 is 9.47 Å². The zero-order valence-electron chi connectivity index (χ0n) is 10.0. The van der Waals surface area contributed by atoms with Gasteiger partial charge in [-0.2, -0.15) is 0 Å². The number of cyclic esters (lactones) is 1. The van der Waals surface area contributed by atoms with E-state index in [-0.39, 0.29) is 0 Å². The van der Waals surface area contributed by atoms with E-state index in [0.29, 0.717) is 11.1 Å². The number of carbonyl (C=O) groups excluding carboxylic acids is 2. The van der Waals surface area contributed by atoms with Gasteiger partial charge in [-0.05, 0) is 26.8 Å².